The summed E-state index contributed by atoms with van der Waals surface area (Å²) in [4.78, 5) is 2.73. The number of nitrogens with zero attached hydrogens (tertiary/aromatic N) is 1. The predicted octanol–water partition coefficient (Wildman–Crippen LogP) is 3.13. The lowest BCUT2D eigenvalue weighted by Crippen LogP contribution is -2.39. The lowest BCUT2D eigenvalue weighted by atomic mass is 10.1. The van der Waals surface area contributed by atoms with Crippen LogP contribution >= 0.6 is 0 Å². The third-order valence-corrected chi connectivity index (χ3v) is 6.27. The molecular weight excluding hydrogens is 360 g/mol. The summed E-state index contributed by atoms with van der Waals surface area (Å²) in [6.07, 6.45) is 1.90. The molecule has 0 unspecified atom stereocenters. The van der Waals surface area contributed by atoms with Crippen molar-refractivity contribution in [3.63, 3.8) is 0 Å². The summed E-state index contributed by atoms with van der Waals surface area (Å²) >= 11 is 0. The number of hydrogen-bond acceptors (Lipinski definition) is 4. The van der Waals surface area contributed by atoms with Crippen molar-refractivity contribution in [2.75, 3.05) is 32.8 Å². The summed E-state index contributed by atoms with van der Waals surface area (Å²) in [7, 11) is -3.42. The molecule has 6 heteroatoms. The molecule has 27 heavy (non-hydrogen) atoms. The van der Waals surface area contributed by atoms with Crippen LogP contribution in [0.5, 0.6) is 0 Å². The van der Waals surface area contributed by atoms with Crippen molar-refractivity contribution < 1.29 is 13.2 Å². The van der Waals surface area contributed by atoms with E-state index in [1.165, 1.54) is 5.56 Å². The van der Waals surface area contributed by atoms with Crippen LogP contribution in [-0.4, -0.2) is 46.1 Å². The summed E-state index contributed by atoms with van der Waals surface area (Å²) < 4.78 is 33.2. The SMILES string of the molecule is Cc1cccc(S(=O)(=O)NCCCCN2CCO[C@@H](c3ccccc3)C2)c1. The van der Waals surface area contributed by atoms with Crippen LogP contribution in [0.3, 0.4) is 0 Å². The quantitative estimate of drug-likeness (QED) is 0.706. The van der Waals surface area contributed by atoms with Crippen molar-refractivity contribution >= 4 is 10.0 Å². The molecule has 1 saturated heterocycles. The maximum atomic E-state index is 12.3. The van der Waals surface area contributed by atoms with Crippen molar-refractivity contribution in [2.24, 2.45) is 0 Å². The van der Waals surface area contributed by atoms with Gasteiger partial charge in [-0.1, -0.05) is 42.5 Å². The Balaban J connectivity index is 1.40. The van der Waals surface area contributed by atoms with Crippen LogP contribution < -0.4 is 4.72 Å². The second-order valence-corrected chi connectivity index (χ2v) is 8.76. The van der Waals surface area contributed by atoms with Crippen molar-refractivity contribution in [1.82, 2.24) is 9.62 Å². The normalized spacial score (nSPS) is 18.5. The third-order valence-electron chi connectivity index (χ3n) is 4.81. The van der Waals surface area contributed by atoms with Crippen molar-refractivity contribution in [3.05, 3.63) is 65.7 Å². The first-order valence-corrected chi connectivity index (χ1v) is 11.0. The number of benzene rings is 2. The van der Waals surface area contributed by atoms with Crippen molar-refractivity contribution in [3.8, 4) is 0 Å². The minimum absolute atomic E-state index is 0.125. The fourth-order valence-corrected chi connectivity index (χ4v) is 4.49. The number of sulfonamides is 1. The molecule has 0 spiro atoms. The average molecular weight is 389 g/mol. The Bertz CT molecular complexity index is 824. The molecule has 2 aromatic carbocycles. The van der Waals surface area contributed by atoms with Crippen molar-refractivity contribution in [2.45, 2.75) is 30.8 Å². The minimum Gasteiger partial charge on any atom is -0.371 e. The maximum Gasteiger partial charge on any atom is 0.240 e. The predicted molar refractivity (Wildman–Crippen MR) is 107 cm³/mol. The third kappa shape index (κ3) is 5.87. The highest BCUT2D eigenvalue weighted by Crippen LogP contribution is 2.22. The van der Waals surface area contributed by atoms with Crippen LogP contribution in [0, 0.1) is 6.92 Å². The molecule has 2 aromatic rings. The summed E-state index contributed by atoms with van der Waals surface area (Å²) in [5.41, 5.74) is 2.16. The van der Waals surface area contributed by atoms with E-state index in [0.717, 1.165) is 44.6 Å². The van der Waals surface area contributed by atoms with Gasteiger partial charge in [0.15, 0.2) is 0 Å². The molecule has 1 aliphatic rings. The minimum atomic E-state index is -3.42. The number of nitrogens with one attached hydrogen (secondary N) is 1. The van der Waals surface area contributed by atoms with E-state index in [0.29, 0.717) is 11.4 Å². The number of rotatable bonds is 8. The molecule has 5 nitrogen and oxygen atoms in total. The van der Waals surface area contributed by atoms with E-state index >= 15 is 0 Å². The van der Waals surface area contributed by atoms with Crippen molar-refractivity contribution in [1.29, 1.82) is 0 Å². The van der Waals surface area contributed by atoms with Crippen LogP contribution in [0.2, 0.25) is 0 Å². The van der Waals surface area contributed by atoms with Gasteiger partial charge in [0.1, 0.15) is 0 Å². The Morgan fingerprint density at radius 1 is 1.11 bits per heavy atom. The van der Waals surface area contributed by atoms with Crippen LogP contribution in [0.25, 0.3) is 0 Å². The Labute approximate surface area is 162 Å². The van der Waals surface area contributed by atoms with Gasteiger partial charge in [0.2, 0.25) is 10.0 Å². The van der Waals surface area contributed by atoms with Crippen LogP contribution in [0.1, 0.15) is 30.1 Å². The van der Waals surface area contributed by atoms with Crippen LogP contribution in [0.4, 0.5) is 0 Å². The molecule has 1 fully saturated rings. The smallest absolute Gasteiger partial charge is 0.240 e. The molecule has 0 aliphatic carbocycles. The van der Waals surface area contributed by atoms with Gasteiger partial charge in [-0.05, 0) is 49.6 Å². The van der Waals surface area contributed by atoms with E-state index in [2.05, 4.69) is 21.8 Å². The fraction of sp³-hybridized carbons (Fsp3) is 0.429. The molecule has 1 aliphatic heterocycles. The standard InChI is InChI=1S/C21H28N2O3S/c1-18-8-7-11-20(16-18)27(24,25)22-12-5-6-13-23-14-15-26-21(17-23)19-9-3-2-4-10-19/h2-4,7-11,16,21-22H,5-6,12-15,17H2,1H3/t21-/m1/s1. The molecular formula is C21H28N2O3S. The molecule has 0 amide bonds. The lowest BCUT2D eigenvalue weighted by Gasteiger charge is -2.33. The maximum absolute atomic E-state index is 12.3. The molecule has 0 aromatic heterocycles. The first-order valence-electron chi connectivity index (χ1n) is 9.50. The van der Waals surface area contributed by atoms with E-state index in [9.17, 15) is 8.42 Å². The van der Waals surface area contributed by atoms with E-state index in [-0.39, 0.29) is 6.10 Å². The van der Waals surface area contributed by atoms with Gasteiger partial charge in [-0.15, -0.1) is 0 Å². The van der Waals surface area contributed by atoms with E-state index in [1.807, 2.05) is 31.2 Å². The number of hydrogen-bond donors (Lipinski definition) is 1. The molecule has 3 rings (SSSR count). The van der Waals surface area contributed by atoms with Gasteiger partial charge >= 0.3 is 0 Å². The first kappa shape index (κ1) is 20.0. The Kier molecular flexibility index (Phi) is 7.01. The molecule has 1 heterocycles. The zero-order valence-corrected chi connectivity index (χ0v) is 16.6. The first-order chi connectivity index (χ1) is 13.0. The highest BCUT2D eigenvalue weighted by atomic mass is 32.2. The second-order valence-electron chi connectivity index (χ2n) is 6.99. The number of ether oxygens (including phenoxy) is 1. The molecule has 1 N–H and O–H groups in total. The number of morpholine rings is 1. The zero-order chi connectivity index (χ0) is 19.1. The topological polar surface area (TPSA) is 58.6 Å². The molecule has 146 valence electrons. The summed E-state index contributed by atoms with van der Waals surface area (Å²) in [6.45, 7) is 5.86. The Morgan fingerprint density at radius 2 is 1.93 bits per heavy atom. The van der Waals surface area contributed by atoms with Gasteiger partial charge in [-0.3, -0.25) is 4.90 Å². The van der Waals surface area contributed by atoms with Gasteiger partial charge in [0, 0.05) is 19.6 Å². The summed E-state index contributed by atoms with van der Waals surface area (Å²) in [5.74, 6) is 0. The number of unbranched alkanes of at least 4 members (excludes halogenated alkanes) is 1. The molecule has 0 radical (unpaired) electrons. The fourth-order valence-electron chi connectivity index (χ4n) is 3.31. The Morgan fingerprint density at radius 3 is 2.70 bits per heavy atom. The largest absolute Gasteiger partial charge is 0.371 e. The highest BCUT2D eigenvalue weighted by molar-refractivity contribution is 7.89. The Hall–Kier alpha value is -1.73. The van der Waals surface area contributed by atoms with Gasteiger partial charge in [-0.25, -0.2) is 13.1 Å². The van der Waals surface area contributed by atoms with E-state index in [1.54, 1.807) is 18.2 Å². The van der Waals surface area contributed by atoms with Gasteiger partial charge in [0.05, 0.1) is 17.6 Å². The molecule has 0 saturated carbocycles. The zero-order valence-electron chi connectivity index (χ0n) is 15.8. The number of aryl methyl sites for hydroxylation is 1. The van der Waals surface area contributed by atoms with Crippen LogP contribution in [0.15, 0.2) is 59.5 Å². The monoisotopic (exact) mass is 388 g/mol. The summed E-state index contributed by atoms with van der Waals surface area (Å²) in [6, 6.07) is 17.3. The van der Waals surface area contributed by atoms with Crippen LogP contribution in [-0.2, 0) is 14.8 Å². The average Bonchev–Trinajstić information content (AvgIpc) is 2.68. The summed E-state index contributed by atoms with van der Waals surface area (Å²) in [5, 5.41) is 0. The van der Waals surface area contributed by atoms with Gasteiger partial charge in [0.25, 0.3) is 0 Å². The lowest BCUT2D eigenvalue weighted by molar-refractivity contribution is -0.0303. The molecule has 0 bridgehead atoms. The van der Waals surface area contributed by atoms with E-state index < -0.39 is 10.0 Å². The van der Waals surface area contributed by atoms with Gasteiger partial charge < -0.3 is 4.74 Å². The van der Waals surface area contributed by atoms with E-state index in [4.69, 9.17) is 4.74 Å². The molecule has 1 atom stereocenters. The van der Waals surface area contributed by atoms with Gasteiger partial charge in [-0.2, -0.15) is 0 Å². The second kappa shape index (κ2) is 9.46. The highest BCUT2D eigenvalue weighted by Gasteiger charge is 2.21.